The second-order valence-corrected chi connectivity index (χ2v) is 8.70. The van der Waals surface area contributed by atoms with E-state index in [0.29, 0.717) is 11.6 Å². The number of nitrogens with zero attached hydrogens (tertiary/aromatic N) is 1. The van der Waals surface area contributed by atoms with Gasteiger partial charge in [-0.1, -0.05) is 34.1 Å². The molecule has 0 atom stereocenters. The van der Waals surface area contributed by atoms with E-state index in [0.717, 1.165) is 48.8 Å². The van der Waals surface area contributed by atoms with Crippen LogP contribution in [0.25, 0.3) is 33.1 Å². The molecule has 0 aliphatic carbocycles. The number of para-hydroxylation sites is 1. The van der Waals surface area contributed by atoms with Crippen LogP contribution in [0.1, 0.15) is 11.3 Å². The van der Waals surface area contributed by atoms with Crippen LogP contribution in [0.3, 0.4) is 0 Å². The highest BCUT2D eigenvalue weighted by molar-refractivity contribution is 9.10. The number of anilines is 1. The molecule has 5 rings (SSSR count). The summed E-state index contributed by atoms with van der Waals surface area (Å²) in [7, 11) is 0. The smallest absolute Gasteiger partial charge is 0.230 e. The van der Waals surface area contributed by atoms with Gasteiger partial charge >= 0.3 is 0 Å². The zero-order valence-corrected chi connectivity index (χ0v) is 17.9. The maximum atomic E-state index is 12.7. The molecular weight excluding hydrogens is 448 g/mol. The van der Waals surface area contributed by atoms with Crippen LogP contribution in [-0.4, -0.2) is 20.9 Å². The maximum absolute atomic E-state index is 12.7. The molecule has 0 fully saturated rings. The molecule has 5 nitrogen and oxygen atoms in total. The predicted molar refractivity (Wildman–Crippen MR) is 122 cm³/mol. The maximum Gasteiger partial charge on any atom is 0.230 e. The van der Waals surface area contributed by atoms with E-state index in [-0.39, 0.29) is 5.91 Å². The van der Waals surface area contributed by atoms with E-state index in [2.05, 4.69) is 42.3 Å². The monoisotopic (exact) mass is 464 g/mol. The molecule has 0 saturated heterocycles. The number of thiazole rings is 1. The molecule has 0 aliphatic heterocycles. The van der Waals surface area contributed by atoms with Crippen molar-refractivity contribution in [2.45, 2.75) is 13.3 Å². The Labute approximate surface area is 179 Å². The number of carbonyl (C=O) groups is 1. The van der Waals surface area contributed by atoms with Crippen molar-refractivity contribution in [1.29, 1.82) is 0 Å². The quantitative estimate of drug-likeness (QED) is 0.304. The van der Waals surface area contributed by atoms with E-state index in [9.17, 15) is 4.79 Å². The van der Waals surface area contributed by atoms with Crippen LogP contribution in [-0.2, 0) is 11.2 Å². The fraction of sp³-hybridized carbons (Fsp3) is 0.0909. The van der Waals surface area contributed by atoms with E-state index >= 15 is 0 Å². The van der Waals surface area contributed by atoms with Crippen LogP contribution in [0.4, 0.5) is 5.13 Å². The number of nitrogens with one attached hydrogen (secondary N) is 3. The fourth-order valence-electron chi connectivity index (χ4n) is 3.64. The molecule has 0 bridgehead atoms. The molecule has 3 N–H and O–H groups in total. The van der Waals surface area contributed by atoms with Gasteiger partial charge in [0, 0.05) is 49.1 Å². The van der Waals surface area contributed by atoms with Crippen molar-refractivity contribution in [2.24, 2.45) is 0 Å². The zero-order chi connectivity index (χ0) is 20.0. The van der Waals surface area contributed by atoms with Crippen LogP contribution in [0.2, 0.25) is 0 Å². The average Bonchev–Trinajstić information content (AvgIpc) is 3.40. The summed E-state index contributed by atoms with van der Waals surface area (Å²) in [5.74, 6) is -0.0752. The van der Waals surface area contributed by atoms with Crippen LogP contribution >= 0.6 is 27.3 Å². The molecule has 144 valence electrons. The average molecular weight is 465 g/mol. The molecule has 2 aromatic carbocycles. The van der Waals surface area contributed by atoms with Gasteiger partial charge in [0.1, 0.15) is 0 Å². The number of fused-ring (bicyclic) bond motifs is 2. The lowest BCUT2D eigenvalue weighted by Crippen LogP contribution is -2.14. The standard InChI is InChI=1S/C22H17BrN4OS/c1-12-15(16-8-13(23)6-7-19(16)25-12)9-21(28)27-22-26-20(11-29-22)17-10-24-18-5-3-2-4-14(17)18/h2-8,10-11,24-25H,9H2,1H3,(H,26,27,28). The second kappa shape index (κ2) is 7.17. The first-order valence-electron chi connectivity index (χ1n) is 9.17. The Kier molecular flexibility index (Phi) is 4.49. The zero-order valence-electron chi connectivity index (χ0n) is 15.5. The van der Waals surface area contributed by atoms with E-state index < -0.39 is 0 Å². The summed E-state index contributed by atoms with van der Waals surface area (Å²) in [6.45, 7) is 2.00. The molecule has 29 heavy (non-hydrogen) atoms. The van der Waals surface area contributed by atoms with Crippen molar-refractivity contribution in [3.8, 4) is 11.3 Å². The van der Waals surface area contributed by atoms with Gasteiger partial charge in [-0.3, -0.25) is 4.79 Å². The second-order valence-electron chi connectivity index (χ2n) is 6.93. The first-order valence-corrected chi connectivity index (χ1v) is 10.8. The Bertz CT molecular complexity index is 1360. The number of carbonyl (C=O) groups excluding carboxylic acids is 1. The molecule has 0 spiro atoms. The summed E-state index contributed by atoms with van der Waals surface area (Å²) in [6, 6.07) is 14.2. The first-order chi connectivity index (χ1) is 14.1. The molecule has 0 saturated carbocycles. The third kappa shape index (κ3) is 3.36. The molecule has 1 amide bonds. The number of hydrogen-bond acceptors (Lipinski definition) is 3. The molecular formula is C22H17BrN4OS. The number of benzene rings is 2. The van der Waals surface area contributed by atoms with Gasteiger partial charge in [-0.2, -0.15) is 0 Å². The molecule has 3 aromatic heterocycles. The van der Waals surface area contributed by atoms with Crippen LogP contribution < -0.4 is 5.32 Å². The number of aromatic nitrogens is 3. The molecule has 5 aromatic rings. The summed E-state index contributed by atoms with van der Waals surface area (Å²) in [5, 5.41) is 7.71. The topological polar surface area (TPSA) is 73.6 Å². The third-order valence-electron chi connectivity index (χ3n) is 5.03. The Hall–Kier alpha value is -2.90. The SMILES string of the molecule is Cc1[nH]c2ccc(Br)cc2c1CC(=O)Nc1nc(-c2c[nH]c3ccccc23)cs1. The first kappa shape index (κ1) is 18.1. The highest BCUT2D eigenvalue weighted by Gasteiger charge is 2.15. The van der Waals surface area contributed by atoms with Gasteiger partial charge in [0.05, 0.1) is 12.1 Å². The van der Waals surface area contributed by atoms with Crippen molar-refractivity contribution in [3.05, 3.63) is 69.8 Å². The fourth-order valence-corrected chi connectivity index (χ4v) is 4.73. The molecule has 7 heteroatoms. The van der Waals surface area contributed by atoms with Crippen LogP contribution in [0.5, 0.6) is 0 Å². The van der Waals surface area contributed by atoms with Crippen molar-refractivity contribution in [3.63, 3.8) is 0 Å². The minimum absolute atomic E-state index is 0.0752. The highest BCUT2D eigenvalue weighted by atomic mass is 79.9. The van der Waals surface area contributed by atoms with Gasteiger partial charge in [0.15, 0.2) is 5.13 Å². The van der Waals surface area contributed by atoms with Crippen molar-refractivity contribution < 1.29 is 4.79 Å². The Balaban J connectivity index is 1.37. The van der Waals surface area contributed by atoms with Crippen molar-refractivity contribution >= 4 is 60.1 Å². The predicted octanol–water partition coefficient (Wildman–Crippen LogP) is 6.02. The summed E-state index contributed by atoms with van der Waals surface area (Å²) in [5.41, 5.74) is 6.01. The largest absolute Gasteiger partial charge is 0.360 e. The number of aromatic amines is 2. The Morgan fingerprint density at radius 1 is 1.17 bits per heavy atom. The normalized spacial score (nSPS) is 11.4. The summed E-state index contributed by atoms with van der Waals surface area (Å²) in [6.07, 6.45) is 2.25. The van der Waals surface area contributed by atoms with Crippen molar-refractivity contribution in [1.82, 2.24) is 15.0 Å². The van der Waals surface area contributed by atoms with E-state index in [1.54, 1.807) is 0 Å². The molecule has 0 radical (unpaired) electrons. The number of H-pyrrole nitrogens is 2. The van der Waals surface area contributed by atoms with Gasteiger partial charge in [0.2, 0.25) is 5.91 Å². The Morgan fingerprint density at radius 2 is 2.03 bits per heavy atom. The summed E-state index contributed by atoms with van der Waals surface area (Å²) in [4.78, 5) is 23.9. The molecule has 0 aliphatic rings. The number of halogens is 1. The highest BCUT2D eigenvalue weighted by Crippen LogP contribution is 2.31. The van der Waals surface area contributed by atoms with Gasteiger partial charge in [-0.25, -0.2) is 4.98 Å². The number of amides is 1. The molecule has 3 heterocycles. The summed E-state index contributed by atoms with van der Waals surface area (Å²) >= 11 is 4.94. The van der Waals surface area contributed by atoms with Gasteiger partial charge in [-0.15, -0.1) is 11.3 Å². The third-order valence-corrected chi connectivity index (χ3v) is 6.29. The van der Waals surface area contributed by atoms with Gasteiger partial charge in [0.25, 0.3) is 0 Å². The minimum Gasteiger partial charge on any atom is -0.360 e. The Morgan fingerprint density at radius 3 is 2.93 bits per heavy atom. The van der Waals surface area contributed by atoms with E-state index in [1.807, 2.05) is 54.9 Å². The van der Waals surface area contributed by atoms with E-state index in [1.165, 1.54) is 11.3 Å². The van der Waals surface area contributed by atoms with Gasteiger partial charge < -0.3 is 15.3 Å². The van der Waals surface area contributed by atoms with Crippen LogP contribution in [0.15, 0.2) is 58.5 Å². The summed E-state index contributed by atoms with van der Waals surface area (Å²) < 4.78 is 0.994. The number of aryl methyl sites for hydroxylation is 1. The molecule has 0 unspecified atom stereocenters. The lowest BCUT2D eigenvalue weighted by atomic mass is 10.1. The number of rotatable bonds is 4. The van der Waals surface area contributed by atoms with Crippen LogP contribution in [0, 0.1) is 6.92 Å². The van der Waals surface area contributed by atoms with Gasteiger partial charge in [-0.05, 0) is 36.8 Å². The number of hydrogen-bond donors (Lipinski definition) is 3. The lowest BCUT2D eigenvalue weighted by molar-refractivity contribution is -0.115. The van der Waals surface area contributed by atoms with E-state index in [4.69, 9.17) is 0 Å². The minimum atomic E-state index is -0.0752. The lowest BCUT2D eigenvalue weighted by Gasteiger charge is -2.03. The van der Waals surface area contributed by atoms with Crippen molar-refractivity contribution in [2.75, 3.05) is 5.32 Å².